The van der Waals surface area contributed by atoms with Crippen molar-refractivity contribution in [3.8, 4) is 0 Å². The van der Waals surface area contributed by atoms with E-state index in [2.05, 4.69) is 142 Å². The van der Waals surface area contributed by atoms with Gasteiger partial charge in [-0.25, -0.2) is 4.57 Å². The normalized spacial score (nSPS) is 14.2. The molecule has 0 aromatic carbocycles. The van der Waals surface area contributed by atoms with Gasteiger partial charge in [0.1, 0.15) is 12.7 Å². The highest BCUT2D eigenvalue weighted by atomic mass is 31.2. The van der Waals surface area contributed by atoms with Crippen molar-refractivity contribution in [1.82, 2.24) is 0 Å². The fourth-order valence-electron chi connectivity index (χ4n) is 7.85. The summed E-state index contributed by atoms with van der Waals surface area (Å²) in [5, 5.41) is 9.84. The predicted molar refractivity (Wildman–Crippen MR) is 325 cm³/mol. The first-order chi connectivity index (χ1) is 38.2. The van der Waals surface area contributed by atoms with Crippen molar-refractivity contribution in [2.45, 2.75) is 251 Å². The number of aliphatic hydroxyl groups is 1. The number of allylic oxidation sites excluding steroid dienone is 20. The summed E-state index contributed by atoms with van der Waals surface area (Å²) in [5.41, 5.74) is 0. The second-order valence-corrected chi connectivity index (χ2v) is 21.2. The van der Waals surface area contributed by atoms with Crippen LogP contribution in [0.2, 0.25) is 0 Å². The molecule has 12 heteroatoms. The number of rotatable bonds is 55. The van der Waals surface area contributed by atoms with E-state index < -0.39 is 57.8 Å². The van der Waals surface area contributed by atoms with Crippen LogP contribution in [0, 0.1) is 0 Å². The highest BCUT2D eigenvalue weighted by molar-refractivity contribution is 7.47. The summed E-state index contributed by atoms with van der Waals surface area (Å²) in [6.07, 6.45) is 72.9. The number of unbranched alkanes of at least 4 members (excludes halogenated alkanes) is 18. The number of phosphoric ester groups is 1. The van der Waals surface area contributed by atoms with Gasteiger partial charge in [-0.1, -0.05) is 219 Å². The van der Waals surface area contributed by atoms with Crippen LogP contribution in [0.3, 0.4) is 0 Å². The lowest BCUT2D eigenvalue weighted by atomic mass is 10.1. The summed E-state index contributed by atoms with van der Waals surface area (Å²) in [6.45, 7) is 4.26. The molecule has 3 unspecified atom stereocenters. The van der Waals surface area contributed by atoms with Crippen molar-refractivity contribution in [3.63, 3.8) is 0 Å². The van der Waals surface area contributed by atoms with Gasteiger partial charge >= 0.3 is 25.7 Å². The maximum Gasteiger partial charge on any atom is 0.472 e. The van der Waals surface area contributed by atoms with Crippen LogP contribution < -0.4 is 0 Å². The van der Waals surface area contributed by atoms with E-state index in [9.17, 15) is 28.9 Å². The molecule has 0 aliphatic carbocycles. The van der Waals surface area contributed by atoms with E-state index in [4.69, 9.17) is 23.3 Å². The van der Waals surface area contributed by atoms with E-state index in [0.717, 1.165) is 173 Å². The van der Waals surface area contributed by atoms with Crippen LogP contribution in [-0.4, -0.2) is 66.5 Å². The lowest BCUT2D eigenvalue weighted by Crippen LogP contribution is -2.30. The minimum atomic E-state index is -4.77. The zero-order valence-corrected chi connectivity index (χ0v) is 50.0. The number of carbonyl (C=O) groups is 3. The van der Waals surface area contributed by atoms with Crippen LogP contribution in [0.25, 0.3) is 0 Å². The molecular formula is C66H109O11P. The number of hydrogen-bond acceptors (Lipinski definition) is 10. The third kappa shape index (κ3) is 56.6. The molecular weight excluding hydrogens is 1000 g/mol. The van der Waals surface area contributed by atoms with E-state index in [-0.39, 0.29) is 25.9 Å². The average Bonchev–Trinajstić information content (AvgIpc) is 3.43. The van der Waals surface area contributed by atoms with Gasteiger partial charge in [-0.2, -0.15) is 0 Å². The van der Waals surface area contributed by atoms with Crippen molar-refractivity contribution in [2.75, 3.05) is 26.4 Å². The number of phosphoric acid groups is 1. The molecule has 11 nitrogen and oxygen atoms in total. The molecule has 0 spiro atoms. The lowest BCUT2D eigenvalue weighted by molar-refractivity contribution is -0.161. The van der Waals surface area contributed by atoms with Crippen molar-refractivity contribution >= 4 is 25.7 Å². The summed E-state index contributed by atoms with van der Waals surface area (Å²) in [7, 11) is -4.77. The summed E-state index contributed by atoms with van der Waals surface area (Å²) < 4.78 is 39.6. The maximum absolute atomic E-state index is 12.9. The van der Waals surface area contributed by atoms with Gasteiger partial charge in [-0.05, 0) is 122 Å². The van der Waals surface area contributed by atoms with Crippen molar-refractivity contribution in [2.24, 2.45) is 0 Å². The molecule has 2 N–H and O–H groups in total. The van der Waals surface area contributed by atoms with Gasteiger partial charge in [0, 0.05) is 19.3 Å². The lowest BCUT2D eigenvalue weighted by Gasteiger charge is -2.21. The average molecular weight is 1110 g/mol. The Morgan fingerprint density at radius 3 is 0.962 bits per heavy atom. The third-order valence-electron chi connectivity index (χ3n) is 12.4. The standard InChI is InChI=1S/C66H109O11P/c1-4-7-10-13-16-19-22-25-28-31-34-37-40-43-46-49-52-55-64(68)73-59-63(77-66(70)57-54-51-48-45-42-39-36-33-30-27-24-21-18-15-12-9-6-3)61-75-78(71,72)74-60-62(58-67)76-65(69)56-53-50-47-44-41-38-35-32-29-26-23-20-17-14-11-8-5-2/h7-12,16-21,25-30,34,37,62-63,67H,4-6,13-15,22-24,31-33,35-36,38-61H2,1-3H3,(H,71,72)/b10-7-,11-8-,12-9-,19-16-,20-17-,21-18-,28-25-,29-26-,30-27-,37-34-. The zero-order valence-electron chi connectivity index (χ0n) is 49.1. The van der Waals surface area contributed by atoms with Crippen LogP contribution >= 0.6 is 7.82 Å². The smallest absolute Gasteiger partial charge is 0.462 e. The van der Waals surface area contributed by atoms with Gasteiger partial charge in [0.25, 0.3) is 0 Å². The van der Waals surface area contributed by atoms with E-state index in [1.54, 1.807) is 0 Å². The summed E-state index contributed by atoms with van der Waals surface area (Å²) in [6, 6.07) is 0. The van der Waals surface area contributed by atoms with E-state index in [0.29, 0.717) is 19.3 Å². The summed E-state index contributed by atoms with van der Waals surface area (Å²) >= 11 is 0. The van der Waals surface area contributed by atoms with E-state index in [1.807, 2.05) is 0 Å². The van der Waals surface area contributed by atoms with Gasteiger partial charge < -0.3 is 24.2 Å². The molecule has 0 fully saturated rings. The van der Waals surface area contributed by atoms with Gasteiger partial charge in [0.15, 0.2) is 6.10 Å². The molecule has 0 saturated carbocycles. The highest BCUT2D eigenvalue weighted by Gasteiger charge is 2.28. The van der Waals surface area contributed by atoms with Crippen LogP contribution in [-0.2, 0) is 42.2 Å². The fraction of sp³-hybridized carbons (Fsp3) is 0.652. The topological polar surface area (TPSA) is 155 Å². The molecule has 0 radical (unpaired) electrons. The Bertz CT molecular complexity index is 1770. The minimum Gasteiger partial charge on any atom is -0.462 e. The first kappa shape index (κ1) is 73.9. The SMILES string of the molecule is CC/C=C\C/C=C\C/C=C\C/C=C\CCCCCCC(=O)OCC(COP(=O)(O)OCC(CO)OC(=O)CCCCCCCCC/C=C\C/C=C\C/C=C\CC)OC(=O)CCCCCCCCC/C=C\C/C=C\C/C=C\CC. The quantitative estimate of drug-likeness (QED) is 0.0197. The van der Waals surface area contributed by atoms with E-state index >= 15 is 0 Å². The van der Waals surface area contributed by atoms with Crippen LogP contribution in [0.15, 0.2) is 122 Å². The molecule has 0 saturated heterocycles. The fourth-order valence-corrected chi connectivity index (χ4v) is 8.63. The van der Waals surface area contributed by atoms with Crippen molar-refractivity contribution < 1.29 is 52.2 Å². The molecule has 3 atom stereocenters. The molecule has 78 heavy (non-hydrogen) atoms. The van der Waals surface area contributed by atoms with Crippen molar-refractivity contribution in [3.05, 3.63) is 122 Å². The van der Waals surface area contributed by atoms with Gasteiger partial charge in [0.05, 0.1) is 19.8 Å². The largest absolute Gasteiger partial charge is 0.472 e. The zero-order chi connectivity index (χ0) is 56.9. The Balaban J connectivity index is 4.78. The number of carbonyl (C=O) groups excluding carboxylic acids is 3. The Kier molecular flexibility index (Phi) is 55.9. The predicted octanol–water partition coefficient (Wildman–Crippen LogP) is 18.4. The molecule has 0 amide bonds. The van der Waals surface area contributed by atoms with Crippen molar-refractivity contribution in [1.29, 1.82) is 0 Å². The Labute approximate surface area is 475 Å². The summed E-state index contributed by atoms with van der Waals surface area (Å²) in [4.78, 5) is 48.7. The minimum absolute atomic E-state index is 0.144. The molecule has 0 bridgehead atoms. The van der Waals surface area contributed by atoms with Crippen LogP contribution in [0.5, 0.6) is 0 Å². The number of ether oxygens (including phenoxy) is 3. The van der Waals surface area contributed by atoms with Gasteiger partial charge in [-0.3, -0.25) is 23.4 Å². The molecule has 444 valence electrons. The molecule has 0 aromatic rings. The number of esters is 3. The van der Waals surface area contributed by atoms with Gasteiger partial charge in [-0.15, -0.1) is 0 Å². The van der Waals surface area contributed by atoms with E-state index in [1.165, 1.54) is 6.42 Å². The molecule has 0 aromatic heterocycles. The third-order valence-corrected chi connectivity index (χ3v) is 13.3. The van der Waals surface area contributed by atoms with Gasteiger partial charge in [0.2, 0.25) is 0 Å². The number of hydrogen-bond donors (Lipinski definition) is 2. The number of aliphatic hydroxyl groups excluding tert-OH is 1. The molecule has 0 aliphatic rings. The van der Waals surface area contributed by atoms with Crippen LogP contribution in [0.4, 0.5) is 0 Å². The molecule has 0 heterocycles. The first-order valence-electron chi connectivity index (χ1n) is 30.4. The summed E-state index contributed by atoms with van der Waals surface area (Å²) in [5.74, 6) is -1.52. The maximum atomic E-state index is 12.9. The van der Waals surface area contributed by atoms with Crippen LogP contribution in [0.1, 0.15) is 239 Å². The molecule has 0 rings (SSSR count). The Morgan fingerprint density at radius 2 is 0.628 bits per heavy atom. The Hall–Kier alpha value is -4.12. The Morgan fingerprint density at radius 1 is 0.359 bits per heavy atom. The first-order valence-corrected chi connectivity index (χ1v) is 31.9. The monoisotopic (exact) mass is 1110 g/mol. The molecule has 0 aliphatic heterocycles. The second kappa shape index (κ2) is 59.0. The second-order valence-electron chi connectivity index (χ2n) is 19.7. The highest BCUT2D eigenvalue weighted by Crippen LogP contribution is 2.43.